The Bertz CT molecular complexity index is 543. The fourth-order valence-electron chi connectivity index (χ4n) is 1.61. The van der Waals surface area contributed by atoms with Crippen LogP contribution in [0.5, 0.6) is 5.75 Å². The first-order valence-corrected chi connectivity index (χ1v) is 5.74. The SMILES string of the molecule is CCOc1ccccc1Nc1ccc(N)c(F)c1. The van der Waals surface area contributed by atoms with Gasteiger partial charge in [-0.2, -0.15) is 0 Å². The second kappa shape index (κ2) is 5.40. The summed E-state index contributed by atoms with van der Waals surface area (Å²) >= 11 is 0. The molecular formula is C14H15FN2O. The van der Waals surface area contributed by atoms with Crippen LogP contribution >= 0.6 is 0 Å². The summed E-state index contributed by atoms with van der Waals surface area (Å²) in [6.45, 7) is 2.49. The molecule has 2 aromatic carbocycles. The van der Waals surface area contributed by atoms with Crippen LogP contribution in [0.25, 0.3) is 0 Å². The van der Waals surface area contributed by atoms with Gasteiger partial charge in [0.1, 0.15) is 11.6 Å². The van der Waals surface area contributed by atoms with E-state index in [-0.39, 0.29) is 5.69 Å². The molecule has 94 valence electrons. The summed E-state index contributed by atoms with van der Waals surface area (Å²) in [5.74, 6) is 0.297. The highest BCUT2D eigenvalue weighted by molar-refractivity contribution is 5.67. The number of rotatable bonds is 4. The lowest BCUT2D eigenvalue weighted by molar-refractivity contribution is 0.342. The third-order valence-electron chi connectivity index (χ3n) is 2.47. The molecule has 0 amide bonds. The van der Waals surface area contributed by atoms with Crippen molar-refractivity contribution in [2.75, 3.05) is 17.7 Å². The molecule has 0 radical (unpaired) electrons. The molecular weight excluding hydrogens is 231 g/mol. The Labute approximate surface area is 105 Å². The molecule has 18 heavy (non-hydrogen) atoms. The number of ether oxygens (including phenoxy) is 1. The van der Waals surface area contributed by atoms with Crippen molar-refractivity contribution in [3.63, 3.8) is 0 Å². The number of nitrogens with one attached hydrogen (secondary N) is 1. The minimum atomic E-state index is -0.436. The minimum Gasteiger partial charge on any atom is -0.492 e. The highest BCUT2D eigenvalue weighted by atomic mass is 19.1. The molecule has 0 aromatic heterocycles. The molecule has 0 aliphatic heterocycles. The van der Waals surface area contributed by atoms with Gasteiger partial charge in [-0.1, -0.05) is 12.1 Å². The van der Waals surface area contributed by atoms with E-state index in [1.165, 1.54) is 12.1 Å². The van der Waals surface area contributed by atoms with Crippen molar-refractivity contribution in [2.45, 2.75) is 6.92 Å². The first kappa shape index (κ1) is 12.2. The Morgan fingerprint density at radius 1 is 1.22 bits per heavy atom. The lowest BCUT2D eigenvalue weighted by atomic mass is 10.2. The topological polar surface area (TPSA) is 47.3 Å². The van der Waals surface area contributed by atoms with Gasteiger partial charge >= 0.3 is 0 Å². The number of para-hydroxylation sites is 2. The van der Waals surface area contributed by atoms with Crippen LogP contribution in [0.1, 0.15) is 6.92 Å². The molecule has 3 nitrogen and oxygen atoms in total. The van der Waals surface area contributed by atoms with Crippen molar-refractivity contribution >= 4 is 17.1 Å². The predicted octanol–water partition coefficient (Wildman–Crippen LogP) is 3.55. The van der Waals surface area contributed by atoms with Gasteiger partial charge < -0.3 is 15.8 Å². The van der Waals surface area contributed by atoms with Crippen LogP contribution in [0, 0.1) is 5.82 Å². The van der Waals surface area contributed by atoms with E-state index in [2.05, 4.69) is 5.32 Å². The molecule has 0 saturated carbocycles. The van der Waals surface area contributed by atoms with Gasteiger partial charge in [0, 0.05) is 5.69 Å². The molecule has 0 atom stereocenters. The van der Waals surface area contributed by atoms with Crippen LogP contribution in [0.3, 0.4) is 0 Å². The summed E-state index contributed by atoms with van der Waals surface area (Å²) in [6.07, 6.45) is 0. The Morgan fingerprint density at radius 3 is 2.72 bits per heavy atom. The summed E-state index contributed by atoms with van der Waals surface area (Å²) in [7, 11) is 0. The molecule has 0 aliphatic rings. The number of nitrogen functional groups attached to an aromatic ring is 1. The smallest absolute Gasteiger partial charge is 0.148 e. The normalized spacial score (nSPS) is 10.1. The highest BCUT2D eigenvalue weighted by Gasteiger charge is 2.04. The van der Waals surface area contributed by atoms with Gasteiger partial charge in [-0.15, -0.1) is 0 Å². The number of nitrogens with two attached hydrogens (primary N) is 1. The molecule has 4 heteroatoms. The van der Waals surface area contributed by atoms with Gasteiger partial charge in [0.05, 0.1) is 18.0 Å². The van der Waals surface area contributed by atoms with Crippen molar-refractivity contribution < 1.29 is 9.13 Å². The van der Waals surface area contributed by atoms with Gasteiger partial charge in [0.25, 0.3) is 0 Å². The zero-order valence-corrected chi connectivity index (χ0v) is 10.1. The number of anilines is 3. The van der Waals surface area contributed by atoms with Crippen LogP contribution in [-0.2, 0) is 0 Å². The van der Waals surface area contributed by atoms with Crippen LogP contribution in [0.4, 0.5) is 21.5 Å². The minimum absolute atomic E-state index is 0.138. The molecule has 2 rings (SSSR count). The van der Waals surface area contributed by atoms with Crippen LogP contribution < -0.4 is 15.8 Å². The van der Waals surface area contributed by atoms with Gasteiger partial charge in [-0.3, -0.25) is 0 Å². The van der Waals surface area contributed by atoms with Gasteiger partial charge in [-0.25, -0.2) is 4.39 Å². The largest absolute Gasteiger partial charge is 0.492 e. The van der Waals surface area contributed by atoms with E-state index in [9.17, 15) is 4.39 Å². The zero-order chi connectivity index (χ0) is 13.0. The van der Waals surface area contributed by atoms with E-state index in [1.807, 2.05) is 31.2 Å². The van der Waals surface area contributed by atoms with Gasteiger partial charge in [0.15, 0.2) is 0 Å². The maximum atomic E-state index is 13.3. The van der Waals surface area contributed by atoms with E-state index >= 15 is 0 Å². The molecule has 0 heterocycles. The monoisotopic (exact) mass is 246 g/mol. The molecule has 0 unspecified atom stereocenters. The first-order valence-electron chi connectivity index (χ1n) is 5.74. The van der Waals surface area contributed by atoms with Crippen LogP contribution in [0.2, 0.25) is 0 Å². The Morgan fingerprint density at radius 2 is 2.00 bits per heavy atom. The van der Waals surface area contributed by atoms with Crippen LogP contribution in [-0.4, -0.2) is 6.61 Å². The fraction of sp³-hybridized carbons (Fsp3) is 0.143. The molecule has 0 bridgehead atoms. The average molecular weight is 246 g/mol. The van der Waals surface area contributed by atoms with Crippen molar-refractivity contribution in [3.05, 3.63) is 48.3 Å². The first-order chi connectivity index (χ1) is 8.70. The summed E-state index contributed by atoms with van der Waals surface area (Å²) in [6, 6.07) is 12.1. The van der Waals surface area contributed by atoms with E-state index in [1.54, 1.807) is 6.07 Å². The van der Waals surface area contributed by atoms with E-state index in [4.69, 9.17) is 10.5 Å². The lowest BCUT2D eigenvalue weighted by Gasteiger charge is -2.12. The standard InChI is InChI=1S/C14H15FN2O/c1-2-18-14-6-4-3-5-13(14)17-10-7-8-12(16)11(15)9-10/h3-9,17H,2,16H2,1H3. The Balaban J connectivity index is 2.25. The number of halogens is 1. The number of hydrogen-bond acceptors (Lipinski definition) is 3. The second-order valence-electron chi connectivity index (χ2n) is 3.79. The van der Waals surface area contributed by atoms with Gasteiger partial charge in [0.2, 0.25) is 0 Å². The molecule has 0 fully saturated rings. The van der Waals surface area contributed by atoms with Gasteiger partial charge in [-0.05, 0) is 37.3 Å². The maximum absolute atomic E-state index is 13.3. The molecule has 2 aromatic rings. The summed E-state index contributed by atoms with van der Waals surface area (Å²) in [5.41, 5.74) is 7.00. The number of hydrogen-bond donors (Lipinski definition) is 2. The average Bonchev–Trinajstić information content (AvgIpc) is 2.37. The van der Waals surface area contributed by atoms with Crippen LogP contribution in [0.15, 0.2) is 42.5 Å². The van der Waals surface area contributed by atoms with E-state index in [0.29, 0.717) is 12.3 Å². The second-order valence-corrected chi connectivity index (χ2v) is 3.79. The zero-order valence-electron chi connectivity index (χ0n) is 10.1. The number of benzene rings is 2. The maximum Gasteiger partial charge on any atom is 0.148 e. The molecule has 0 aliphatic carbocycles. The summed E-state index contributed by atoms with van der Waals surface area (Å²) in [4.78, 5) is 0. The predicted molar refractivity (Wildman–Crippen MR) is 71.7 cm³/mol. The molecule has 3 N–H and O–H groups in total. The summed E-state index contributed by atoms with van der Waals surface area (Å²) in [5, 5.41) is 3.10. The van der Waals surface area contributed by atoms with E-state index in [0.717, 1.165) is 11.4 Å². The van der Waals surface area contributed by atoms with Crippen molar-refractivity contribution in [1.82, 2.24) is 0 Å². The quantitative estimate of drug-likeness (QED) is 0.811. The van der Waals surface area contributed by atoms with Crippen molar-refractivity contribution in [1.29, 1.82) is 0 Å². The third-order valence-corrected chi connectivity index (χ3v) is 2.47. The third kappa shape index (κ3) is 2.71. The lowest BCUT2D eigenvalue weighted by Crippen LogP contribution is -1.98. The summed E-state index contributed by atoms with van der Waals surface area (Å²) < 4.78 is 18.8. The van der Waals surface area contributed by atoms with Crippen molar-refractivity contribution in [2.24, 2.45) is 0 Å². The van der Waals surface area contributed by atoms with E-state index < -0.39 is 5.82 Å². The fourth-order valence-corrected chi connectivity index (χ4v) is 1.61. The Hall–Kier alpha value is -2.23. The highest BCUT2D eigenvalue weighted by Crippen LogP contribution is 2.28. The molecule has 0 saturated heterocycles. The Kier molecular flexibility index (Phi) is 3.67. The molecule has 0 spiro atoms. The van der Waals surface area contributed by atoms with Crippen molar-refractivity contribution in [3.8, 4) is 5.75 Å².